The number of hydrogen-bond acceptors (Lipinski definition) is 12. The van der Waals surface area contributed by atoms with Crippen molar-refractivity contribution in [3.05, 3.63) is 99.0 Å². The highest BCUT2D eigenvalue weighted by molar-refractivity contribution is 7.99. The molecule has 0 aliphatic heterocycles. The number of hydrogen-bond donors (Lipinski definition) is 1. The van der Waals surface area contributed by atoms with Crippen LogP contribution in [0.25, 0.3) is 11.3 Å². The molecule has 1 N–H and O–H groups in total. The van der Waals surface area contributed by atoms with Gasteiger partial charge in [-0.3, -0.25) is 24.7 Å². The second-order valence-corrected chi connectivity index (χ2v) is 11.7. The summed E-state index contributed by atoms with van der Waals surface area (Å²) in [4.78, 5) is 29.0. The monoisotopic (exact) mass is 620 g/mol. The predicted octanol–water partition coefficient (Wildman–Crippen LogP) is 3.21. The fourth-order valence-electron chi connectivity index (χ4n) is 4.13. The first-order valence-electron chi connectivity index (χ1n) is 12.8. The number of para-hydroxylation sites is 1. The lowest BCUT2D eigenvalue weighted by Crippen LogP contribution is -2.30. The fourth-order valence-corrected chi connectivity index (χ4v) is 6.47. The number of benzene rings is 2. The number of nitrogens with zero attached hydrogens (tertiary/aromatic N) is 9. The van der Waals surface area contributed by atoms with E-state index in [-0.39, 0.29) is 34.3 Å². The summed E-state index contributed by atoms with van der Waals surface area (Å²) in [6.07, 6.45) is 2.75. The van der Waals surface area contributed by atoms with E-state index in [9.17, 15) is 23.3 Å². The Morgan fingerprint density at radius 1 is 1.09 bits per heavy atom. The van der Waals surface area contributed by atoms with Gasteiger partial charge in [-0.05, 0) is 58.6 Å². The number of nitro benzene ring substituents is 1. The molecular weight excluding hydrogens is 596 g/mol. The van der Waals surface area contributed by atoms with Crippen molar-refractivity contribution >= 4 is 45.0 Å². The molecule has 2 aromatic carbocycles. The van der Waals surface area contributed by atoms with Gasteiger partial charge in [0.25, 0.3) is 11.2 Å². The van der Waals surface area contributed by atoms with Crippen molar-refractivity contribution in [1.29, 1.82) is 0 Å². The Labute approximate surface area is 249 Å². The number of rotatable bonds is 11. The molecule has 5 aromatic rings. The summed E-state index contributed by atoms with van der Waals surface area (Å²) in [6, 6.07) is 17.7. The normalized spacial score (nSPS) is 11.9. The smallest absolute Gasteiger partial charge is 0.272 e. The first-order chi connectivity index (χ1) is 20.7. The number of sulfonamides is 1. The summed E-state index contributed by atoms with van der Waals surface area (Å²) < 4.78 is 29.8. The molecule has 0 radical (unpaired) electrons. The van der Waals surface area contributed by atoms with Crippen LogP contribution in [0.1, 0.15) is 19.4 Å². The summed E-state index contributed by atoms with van der Waals surface area (Å²) >= 11 is 1.04. The summed E-state index contributed by atoms with van der Waals surface area (Å²) in [5.41, 5.74) is 2.67. The molecule has 43 heavy (non-hydrogen) atoms. The van der Waals surface area contributed by atoms with Gasteiger partial charge in [0.2, 0.25) is 15.2 Å². The maximum Gasteiger partial charge on any atom is 0.295 e. The van der Waals surface area contributed by atoms with Crippen molar-refractivity contribution in [1.82, 2.24) is 33.9 Å². The third-order valence-corrected chi connectivity index (χ3v) is 9.24. The van der Waals surface area contributed by atoms with Gasteiger partial charge in [0.15, 0.2) is 0 Å². The van der Waals surface area contributed by atoms with Gasteiger partial charge in [-0.1, -0.05) is 38.1 Å². The zero-order valence-electron chi connectivity index (χ0n) is 22.8. The quantitative estimate of drug-likeness (QED) is 0.0990. The second-order valence-electron chi connectivity index (χ2n) is 8.77. The maximum absolute atomic E-state index is 13.5. The molecule has 5 rings (SSSR count). The van der Waals surface area contributed by atoms with Crippen LogP contribution >= 0.6 is 11.8 Å². The Morgan fingerprint density at radius 2 is 1.84 bits per heavy atom. The molecule has 0 bridgehead atoms. The highest BCUT2D eigenvalue weighted by atomic mass is 32.2. The lowest BCUT2D eigenvalue weighted by Gasteiger charge is -2.18. The van der Waals surface area contributed by atoms with Gasteiger partial charge >= 0.3 is 0 Å². The van der Waals surface area contributed by atoms with Crippen molar-refractivity contribution in [2.24, 2.45) is 5.10 Å². The molecule has 3 aromatic heterocycles. The van der Waals surface area contributed by atoms with E-state index in [1.807, 2.05) is 30.3 Å². The van der Waals surface area contributed by atoms with Crippen molar-refractivity contribution in [2.45, 2.75) is 28.9 Å². The number of nitro groups is 1. The van der Waals surface area contributed by atoms with Crippen LogP contribution in [0.3, 0.4) is 0 Å². The van der Waals surface area contributed by atoms with Crippen LogP contribution in [0, 0.1) is 10.1 Å². The molecule has 0 saturated carbocycles. The van der Waals surface area contributed by atoms with E-state index >= 15 is 0 Å². The third-order valence-electron chi connectivity index (χ3n) is 6.25. The van der Waals surface area contributed by atoms with E-state index < -0.39 is 26.2 Å². The Balaban J connectivity index is 1.51. The molecular formula is C26H24N10O5S2. The number of fused-ring (bicyclic) bond motifs is 1. The lowest BCUT2D eigenvalue weighted by molar-refractivity contribution is -0.384. The standard InChI is InChI=1S/C26H24N10O5S2/c1-3-33(4-2)43(40,41)19-13-14-21(22(16-19)36(38)39)29-27-17-20-24(28-23-12-8-9-15-34(23)25(20)37)42-26-30-31-32-35(26)18-10-6-5-7-11-18/h5-17,29H,3-4H2,1-2H3/b27-17-. The van der Waals surface area contributed by atoms with E-state index in [2.05, 4.69) is 31.0 Å². The van der Waals surface area contributed by atoms with Crippen LogP contribution < -0.4 is 11.0 Å². The molecule has 0 fully saturated rings. The zero-order chi connectivity index (χ0) is 30.6. The summed E-state index contributed by atoms with van der Waals surface area (Å²) in [5.74, 6) is 0. The molecule has 0 aliphatic rings. The van der Waals surface area contributed by atoms with E-state index in [0.717, 1.165) is 17.8 Å². The number of hydrazone groups is 1. The Morgan fingerprint density at radius 3 is 2.56 bits per heavy atom. The van der Waals surface area contributed by atoms with E-state index in [4.69, 9.17) is 0 Å². The number of aromatic nitrogens is 6. The zero-order valence-corrected chi connectivity index (χ0v) is 24.4. The van der Waals surface area contributed by atoms with Gasteiger partial charge in [-0.25, -0.2) is 13.4 Å². The van der Waals surface area contributed by atoms with E-state index in [0.29, 0.717) is 16.5 Å². The molecule has 0 amide bonds. The van der Waals surface area contributed by atoms with Crippen LogP contribution in [0.15, 0.2) is 97.9 Å². The molecule has 220 valence electrons. The predicted molar refractivity (Wildman–Crippen MR) is 159 cm³/mol. The van der Waals surface area contributed by atoms with Gasteiger partial charge in [0, 0.05) is 25.4 Å². The molecule has 0 unspecified atom stereocenters. The highest BCUT2D eigenvalue weighted by Gasteiger charge is 2.26. The van der Waals surface area contributed by atoms with Gasteiger partial charge in [-0.15, -0.1) is 5.10 Å². The van der Waals surface area contributed by atoms with Gasteiger partial charge < -0.3 is 0 Å². The number of pyridine rings is 1. The van der Waals surface area contributed by atoms with Crippen molar-refractivity contribution in [3.8, 4) is 5.69 Å². The second kappa shape index (κ2) is 12.5. The fraction of sp³-hybridized carbons (Fsp3) is 0.154. The average molecular weight is 621 g/mol. The van der Waals surface area contributed by atoms with Crippen LogP contribution in [-0.4, -0.2) is 66.5 Å². The minimum absolute atomic E-state index is 0.0622. The van der Waals surface area contributed by atoms with E-state index in [1.54, 1.807) is 38.2 Å². The topological polar surface area (TPSA) is 183 Å². The molecule has 0 atom stereocenters. The molecule has 15 nitrogen and oxygen atoms in total. The summed E-state index contributed by atoms with van der Waals surface area (Å²) in [7, 11) is -3.93. The first kappa shape index (κ1) is 29.5. The van der Waals surface area contributed by atoms with Crippen LogP contribution in [0.4, 0.5) is 11.4 Å². The third kappa shape index (κ3) is 5.99. The van der Waals surface area contributed by atoms with Gasteiger partial charge in [0.1, 0.15) is 16.4 Å². The Kier molecular flexibility index (Phi) is 8.56. The molecule has 0 aliphatic carbocycles. The van der Waals surface area contributed by atoms with Crippen molar-refractivity contribution < 1.29 is 13.3 Å². The van der Waals surface area contributed by atoms with Gasteiger partial charge in [0.05, 0.1) is 27.3 Å². The van der Waals surface area contributed by atoms with E-state index in [1.165, 1.54) is 31.7 Å². The number of nitrogens with one attached hydrogen (secondary N) is 1. The Bertz CT molecular complexity index is 1990. The minimum atomic E-state index is -3.93. The van der Waals surface area contributed by atoms with Crippen molar-refractivity contribution in [3.63, 3.8) is 0 Å². The maximum atomic E-state index is 13.5. The van der Waals surface area contributed by atoms with Crippen LogP contribution in [-0.2, 0) is 10.0 Å². The summed E-state index contributed by atoms with van der Waals surface area (Å²) in [6.45, 7) is 3.78. The molecule has 17 heteroatoms. The minimum Gasteiger partial charge on any atom is -0.272 e. The Hall–Kier alpha value is -5.00. The largest absolute Gasteiger partial charge is 0.295 e. The SMILES string of the molecule is CCN(CC)S(=O)(=O)c1ccc(N/N=C\c2c(Sc3nnnn3-c3ccccc3)nc3ccccn3c2=O)c([N+](=O)[O-])c1. The highest BCUT2D eigenvalue weighted by Crippen LogP contribution is 2.30. The molecule has 0 saturated heterocycles. The van der Waals surface area contributed by atoms with Crippen LogP contribution in [0.2, 0.25) is 0 Å². The molecule has 0 spiro atoms. The number of anilines is 1. The summed E-state index contributed by atoms with van der Waals surface area (Å²) in [5, 5.41) is 28.4. The first-order valence-corrected chi connectivity index (χ1v) is 15.1. The molecule has 3 heterocycles. The lowest BCUT2D eigenvalue weighted by atomic mass is 10.3. The van der Waals surface area contributed by atoms with Gasteiger partial charge in [-0.2, -0.15) is 14.1 Å². The number of tetrazole rings is 1. The van der Waals surface area contributed by atoms with Crippen LogP contribution in [0.5, 0.6) is 0 Å². The van der Waals surface area contributed by atoms with Crippen molar-refractivity contribution in [2.75, 3.05) is 18.5 Å². The average Bonchev–Trinajstić information content (AvgIpc) is 3.47.